The van der Waals surface area contributed by atoms with Crippen LogP contribution >= 0.6 is 11.3 Å². The first kappa shape index (κ1) is 18.4. The molecule has 0 unspecified atom stereocenters. The van der Waals surface area contributed by atoms with Gasteiger partial charge >= 0.3 is 6.18 Å². The third-order valence-electron chi connectivity index (χ3n) is 3.38. The van der Waals surface area contributed by atoms with Gasteiger partial charge in [-0.1, -0.05) is 18.3 Å². The molecule has 0 saturated heterocycles. The van der Waals surface area contributed by atoms with Crippen molar-refractivity contribution in [2.24, 2.45) is 0 Å². The second kappa shape index (κ2) is 5.55. The molecule has 0 bridgehead atoms. The van der Waals surface area contributed by atoms with Crippen molar-refractivity contribution in [3.63, 3.8) is 0 Å². The highest BCUT2D eigenvalue weighted by molar-refractivity contribution is 7.92. The Labute approximate surface area is 132 Å². The third kappa shape index (κ3) is 3.31. The molecular weight excluding hydrogens is 367 g/mol. The van der Waals surface area contributed by atoms with Crippen LogP contribution < -0.4 is 4.74 Å². The van der Waals surface area contributed by atoms with Crippen LogP contribution in [0.4, 0.5) is 22.0 Å². The van der Waals surface area contributed by atoms with E-state index in [-0.39, 0.29) is 5.56 Å². The van der Waals surface area contributed by atoms with Gasteiger partial charge in [0.25, 0.3) is 5.92 Å². The van der Waals surface area contributed by atoms with Crippen LogP contribution in [-0.4, -0.2) is 38.0 Å². The van der Waals surface area contributed by atoms with Gasteiger partial charge < -0.3 is 9.84 Å². The van der Waals surface area contributed by atoms with E-state index >= 15 is 0 Å². The summed E-state index contributed by atoms with van der Waals surface area (Å²) in [6.45, 7) is 1.20. The smallest absolute Gasteiger partial charge is 0.425 e. The molecule has 2 rings (SSSR count). The van der Waals surface area contributed by atoms with E-state index in [1.165, 1.54) is 6.92 Å². The average Bonchev–Trinajstić information content (AvgIpc) is 2.81. The van der Waals surface area contributed by atoms with Crippen molar-refractivity contribution >= 4 is 21.2 Å². The molecule has 0 aromatic carbocycles. The van der Waals surface area contributed by atoms with E-state index in [1.54, 1.807) is 0 Å². The summed E-state index contributed by atoms with van der Waals surface area (Å²) in [5, 5.41) is 9.09. The highest BCUT2D eigenvalue weighted by Crippen LogP contribution is 2.53. The van der Waals surface area contributed by atoms with Gasteiger partial charge in [0.2, 0.25) is 0 Å². The molecule has 1 aliphatic rings. The largest absolute Gasteiger partial charge is 0.471 e. The van der Waals surface area contributed by atoms with E-state index in [0.29, 0.717) is 11.3 Å². The first-order chi connectivity index (χ1) is 10.3. The number of halogens is 5. The van der Waals surface area contributed by atoms with Gasteiger partial charge in [-0.15, -0.1) is 0 Å². The number of fused-ring (bicyclic) bond motifs is 1. The first-order valence-electron chi connectivity index (χ1n) is 6.44. The minimum Gasteiger partial charge on any atom is -0.471 e. The number of sulfone groups is 1. The monoisotopic (exact) mass is 380 g/mol. The molecule has 1 aromatic rings. The Hall–Kier alpha value is -0.940. The Balaban J connectivity index is 2.55. The lowest BCUT2D eigenvalue weighted by Crippen LogP contribution is -2.33. The normalized spacial score (nSPS) is 22.0. The Bertz CT molecular complexity index is 708. The summed E-state index contributed by atoms with van der Waals surface area (Å²) in [6, 6.07) is 0. The second-order valence-corrected chi connectivity index (χ2v) is 8.43. The van der Waals surface area contributed by atoms with Crippen molar-refractivity contribution in [2.75, 3.05) is 6.26 Å². The van der Waals surface area contributed by atoms with Crippen LogP contribution in [0, 0.1) is 0 Å². The van der Waals surface area contributed by atoms with Gasteiger partial charge in [0.15, 0.2) is 21.0 Å². The lowest BCUT2D eigenvalue weighted by Gasteiger charge is -2.20. The van der Waals surface area contributed by atoms with Crippen molar-refractivity contribution in [2.45, 2.75) is 48.3 Å². The van der Waals surface area contributed by atoms with Crippen LogP contribution in [0.15, 0.2) is 4.21 Å². The highest BCUT2D eigenvalue weighted by atomic mass is 32.2. The number of rotatable bonds is 4. The maximum Gasteiger partial charge on any atom is 0.425 e. The van der Waals surface area contributed by atoms with Crippen molar-refractivity contribution in [3.8, 4) is 5.06 Å². The molecule has 4 nitrogen and oxygen atoms in total. The first-order valence-corrected chi connectivity index (χ1v) is 9.14. The fourth-order valence-corrected chi connectivity index (χ4v) is 4.75. The zero-order valence-corrected chi connectivity index (χ0v) is 13.6. The third-order valence-corrected chi connectivity index (χ3v) is 6.37. The summed E-state index contributed by atoms with van der Waals surface area (Å²) in [4.78, 5) is 0. The fourth-order valence-electron chi connectivity index (χ4n) is 2.30. The number of hydrogen-bond donors (Lipinski definition) is 1. The Morgan fingerprint density at radius 1 is 1.43 bits per heavy atom. The zero-order chi connectivity index (χ0) is 17.8. The van der Waals surface area contributed by atoms with Gasteiger partial charge in [-0.05, 0) is 6.42 Å². The molecule has 11 heteroatoms. The molecule has 132 valence electrons. The maximum absolute atomic E-state index is 13.6. The molecule has 0 radical (unpaired) electrons. The summed E-state index contributed by atoms with van der Waals surface area (Å²) in [6.07, 6.45) is -10.2. The fraction of sp³-hybridized carbons (Fsp3) is 0.667. The molecular formula is C12H13F5O4S2. The van der Waals surface area contributed by atoms with E-state index in [0.717, 1.165) is 6.26 Å². The van der Waals surface area contributed by atoms with Crippen LogP contribution in [0.2, 0.25) is 0 Å². The van der Waals surface area contributed by atoms with Crippen LogP contribution in [-0.2, 0) is 16.3 Å². The predicted octanol–water partition coefficient (Wildman–Crippen LogP) is 3.10. The molecule has 0 fully saturated rings. The number of aliphatic hydroxyl groups excluding tert-OH is 1. The highest BCUT2D eigenvalue weighted by Gasteiger charge is 2.52. The number of hydrogen-bond acceptors (Lipinski definition) is 5. The molecule has 1 aromatic heterocycles. The lowest BCUT2D eigenvalue weighted by molar-refractivity contribution is -0.195. The van der Waals surface area contributed by atoms with Gasteiger partial charge in [-0.3, -0.25) is 0 Å². The van der Waals surface area contributed by atoms with Crippen molar-refractivity contribution < 1.29 is 40.2 Å². The average molecular weight is 380 g/mol. The second-order valence-electron chi connectivity index (χ2n) is 5.24. The minimum absolute atomic E-state index is 0.330. The number of thiophene rings is 1. The van der Waals surface area contributed by atoms with Crippen LogP contribution in [0.5, 0.6) is 5.06 Å². The molecule has 0 amide bonds. The molecule has 0 saturated carbocycles. The van der Waals surface area contributed by atoms with E-state index in [1.807, 2.05) is 0 Å². The van der Waals surface area contributed by atoms with Gasteiger partial charge in [0, 0.05) is 23.8 Å². The van der Waals surface area contributed by atoms with E-state index in [2.05, 4.69) is 0 Å². The quantitative estimate of drug-likeness (QED) is 0.816. The van der Waals surface area contributed by atoms with Gasteiger partial charge in [-0.2, -0.15) is 13.2 Å². The topological polar surface area (TPSA) is 63.6 Å². The minimum atomic E-state index is -4.73. The van der Waals surface area contributed by atoms with E-state index in [4.69, 9.17) is 4.74 Å². The van der Waals surface area contributed by atoms with Gasteiger partial charge in [0.05, 0.1) is 0 Å². The number of aliphatic hydroxyl groups is 1. The summed E-state index contributed by atoms with van der Waals surface area (Å²) >= 11 is 0.330. The SMILES string of the molecule is CC[C@@H](Oc1sc(S(C)(=O)=O)c2c1CC(F)(F)[C@H]2O)C(F)(F)F. The van der Waals surface area contributed by atoms with Crippen molar-refractivity contribution in [1.29, 1.82) is 0 Å². The number of alkyl halides is 5. The summed E-state index contributed by atoms with van der Waals surface area (Å²) in [5.74, 6) is -3.66. The van der Waals surface area contributed by atoms with Crippen LogP contribution in [0.3, 0.4) is 0 Å². The van der Waals surface area contributed by atoms with Crippen molar-refractivity contribution in [3.05, 3.63) is 11.1 Å². The Kier molecular flexibility index (Phi) is 4.44. The van der Waals surface area contributed by atoms with E-state index in [9.17, 15) is 35.5 Å². The molecule has 0 spiro atoms. The van der Waals surface area contributed by atoms with Crippen molar-refractivity contribution in [1.82, 2.24) is 0 Å². The predicted molar refractivity (Wildman–Crippen MR) is 71.8 cm³/mol. The standard InChI is InChI=1S/C12H13F5O4S2/c1-3-6(12(15,16)17)21-9-5-4-11(13,14)8(18)7(5)10(22-9)23(2,19)20/h6,8,18H,3-4H2,1-2H3/t6-,8+/m1/s1. The van der Waals surface area contributed by atoms with E-state index < -0.39 is 61.8 Å². The Morgan fingerprint density at radius 2 is 2.00 bits per heavy atom. The molecule has 0 aliphatic heterocycles. The summed E-state index contributed by atoms with van der Waals surface area (Å²) < 4.78 is 93.2. The summed E-state index contributed by atoms with van der Waals surface area (Å²) in [7, 11) is -4.00. The molecule has 1 heterocycles. The molecule has 1 aliphatic carbocycles. The molecule has 1 N–H and O–H groups in total. The zero-order valence-electron chi connectivity index (χ0n) is 11.9. The maximum atomic E-state index is 13.6. The molecule has 2 atom stereocenters. The lowest BCUT2D eigenvalue weighted by atomic mass is 10.2. The van der Waals surface area contributed by atoms with Crippen LogP contribution in [0.1, 0.15) is 30.6 Å². The summed E-state index contributed by atoms with van der Waals surface area (Å²) in [5.41, 5.74) is -0.940. The van der Waals surface area contributed by atoms with Gasteiger partial charge in [0.1, 0.15) is 10.3 Å². The molecule has 23 heavy (non-hydrogen) atoms. The number of ether oxygens (including phenoxy) is 1. The van der Waals surface area contributed by atoms with Crippen LogP contribution in [0.25, 0.3) is 0 Å². The van der Waals surface area contributed by atoms with Gasteiger partial charge in [-0.25, -0.2) is 17.2 Å². The Morgan fingerprint density at radius 3 is 2.43 bits per heavy atom.